The van der Waals surface area contributed by atoms with Gasteiger partial charge < -0.3 is 10.6 Å². The minimum absolute atomic E-state index is 0.00642. The van der Waals surface area contributed by atoms with Crippen molar-refractivity contribution in [2.45, 2.75) is 6.92 Å². The van der Waals surface area contributed by atoms with Gasteiger partial charge in [-0.2, -0.15) is 0 Å². The number of benzene rings is 2. The summed E-state index contributed by atoms with van der Waals surface area (Å²) >= 11 is 0. The van der Waals surface area contributed by atoms with Crippen LogP contribution in [-0.4, -0.2) is 11.5 Å². The molecule has 0 aliphatic carbocycles. The van der Waals surface area contributed by atoms with E-state index >= 15 is 0 Å². The molecule has 0 fully saturated rings. The van der Waals surface area contributed by atoms with Crippen LogP contribution in [0.15, 0.2) is 42.5 Å². The van der Waals surface area contributed by atoms with Gasteiger partial charge in [-0.3, -0.25) is 10.1 Å². The first kappa shape index (κ1) is 13.8. The highest BCUT2D eigenvalue weighted by atomic mass is 19.1. The Bertz CT molecular complexity index is 614. The second-order valence-corrected chi connectivity index (χ2v) is 4.19. The van der Waals surface area contributed by atoms with Crippen LogP contribution in [0.3, 0.4) is 0 Å². The van der Waals surface area contributed by atoms with Crippen LogP contribution < -0.4 is 10.6 Å². The molecule has 20 heavy (non-hydrogen) atoms. The van der Waals surface area contributed by atoms with Crippen LogP contribution in [0.1, 0.15) is 6.92 Å². The third-order valence-corrected chi connectivity index (χ3v) is 2.64. The van der Waals surface area contributed by atoms with E-state index in [4.69, 9.17) is 0 Å². The quantitative estimate of drug-likeness (QED) is 0.641. The summed E-state index contributed by atoms with van der Waals surface area (Å²) in [6.45, 7) is 2.57. The molecule has 0 bridgehead atoms. The minimum atomic E-state index is -0.448. The van der Waals surface area contributed by atoms with Gasteiger partial charge >= 0.3 is 0 Å². The zero-order valence-corrected chi connectivity index (χ0v) is 10.9. The molecule has 104 valence electrons. The summed E-state index contributed by atoms with van der Waals surface area (Å²) in [4.78, 5) is 10.5. The van der Waals surface area contributed by atoms with Gasteiger partial charge in [0.25, 0.3) is 5.69 Å². The second kappa shape index (κ2) is 6.01. The SMILES string of the molecule is CCNc1cc(Nc2ccc(F)cc2)cc([N+](=O)[O-])c1. The number of halogens is 1. The molecule has 2 aromatic rings. The van der Waals surface area contributed by atoms with E-state index in [9.17, 15) is 14.5 Å². The fourth-order valence-electron chi connectivity index (χ4n) is 1.79. The number of nitrogens with one attached hydrogen (secondary N) is 2. The first-order chi connectivity index (χ1) is 9.58. The topological polar surface area (TPSA) is 67.2 Å². The predicted molar refractivity (Wildman–Crippen MR) is 76.9 cm³/mol. The maximum atomic E-state index is 12.8. The normalized spacial score (nSPS) is 10.1. The lowest BCUT2D eigenvalue weighted by atomic mass is 10.2. The number of anilines is 3. The van der Waals surface area contributed by atoms with Crippen molar-refractivity contribution in [3.05, 3.63) is 58.4 Å². The van der Waals surface area contributed by atoms with Crippen molar-refractivity contribution in [2.75, 3.05) is 17.2 Å². The summed E-state index contributed by atoms with van der Waals surface area (Å²) in [6.07, 6.45) is 0. The van der Waals surface area contributed by atoms with E-state index in [1.54, 1.807) is 18.2 Å². The standard InChI is InChI=1S/C14H14FN3O2/c1-2-16-12-7-13(9-14(8-12)18(19)20)17-11-5-3-10(15)4-6-11/h3-9,16-17H,2H2,1H3. The maximum Gasteiger partial charge on any atom is 0.273 e. The lowest BCUT2D eigenvalue weighted by Gasteiger charge is -2.09. The minimum Gasteiger partial charge on any atom is -0.385 e. The lowest BCUT2D eigenvalue weighted by molar-refractivity contribution is -0.384. The molecule has 5 nitrogen and oxygen atoms in total. The van der Waals surface area contributed by atoms with Gasteiger partial charge in [0.15, 0.2) is 0 Å². The number of nitro benzene ring substituents is 1. The van der Waals surface area contributed by atoms with Gasteiger partial charge in [-0.25, -0.2) is 4.39 Å². The first-order valence-corrected chi connectivity index (χ1v) is 6.14. The van der Waals surface area contributed by atoms with Gasteiger partial charge in [-0.1, -0.05) is 0 Å². The molecule has 0 atom stereocenters. The molecule has 2 rings (SSSR count). The number of hydrogen-bond donors (Lipinski definition) is 2. The Morgan fingerprint density at radius 1 is 1.10 bits per heavy atom. The highest BCUT2D eigenvalue weighted by molar-refractivity contribution is 5.68. The summed E-state index contributed by atoms with van der Waals surface area (Å²) in [5, 5.41) is 17.0. The maximum absolute atomic E-state index is 12.8. The van der Waals surface area contributed by atoms with Crippen molar-refractivity contribution in [3.8, 4) is 0 Å². The Balaban J connectivity index is 2.29. The molecule has 0 spiro atoms. The monoisotopic (exact) mass is 275 g/mol. The third kappa shape index (κ3) is 3.44. The number of nitrogens with zero attached hydrogens (tertiary/aromatic N) is 1. The van der Waals surface area contributed by atoms with Crippen molar-refractivity contribution < 1.29 is 9.31 Å². The smallest absolute Gasteiger partial charge is 0.273 e. The van der Waals surface area contributed by atoms with Gasteiger partial charge in [0.1, 0.15) is 5.82 Å². The van der Waals surface area contributed by atoms with Crippen LogP contribution >= 0.6 is 0 Å². The van der Waals surface area contributed by atoms with Gasteiger partial charge in [0, 0.05) is 35.7 Å². The van der Waals surface area contributed by atoms with E-state index in [-0.39, 0.29) is 11.5 Å². The Morgan fingerprint density at radius 2 is 1.75 bits per heavy atom. The summed E-state index contributed by atoms with van der Waals surface area (Å²) in [5.41, 5.74) is 1.88. The number of rotatable bonds is 5. The van der Waals surface area contributed by atoms with Crippen LogP contribution in [0, 0.1) is 15.9 Å². The molecular formula is C14H14FN3O2. The first-order valence-electron chi connectivity index (χ1n) is 6.14. The van der Waals surface area contributed by atoms with Crippen molar-refractivity contribution in [1.82, 2.24) is 0 Å². The van der Waals surface area contributed by atoms with E-state index in [1.165, 1.54) is 24.3 Å². The fraction of sp³-hybridized carbons (Fsp3) is 0.143. The van der Waals surface area contributed by atoms with Crippen molar-refractivity contribution >= 4 is 22.7 Å². The molecular weight excluding hydrogens is 261 g/mol. The van der Waals surface area contributed by atoms with Crippen molar-refractivity contribution in [1.29, 1.82) is 0 Å². The third-order valence-electron chi connectivity index (χ3n) is 2.64. The van der Waals surface area contributed by atoms with E-state index in [1.807, 2.05) is 6.92 Å². The summed E-state index contributed by atoms with van der Waals surface area (Å²) in [6, 6.07) is 10.5. The van der Waals surface area contributed by atoms with Crippen LogP contribution in [0.25, 0.3) is 0 Å². The zero-order valence-electron chi connectivity index (χ0n) is 10.9. The van der Waals surface area contributed by atoms with Crippen molar-refractivity contribution in [3.63, 3.8) is 0 Å². The predicted octanol–water partition coefficient (Wildman–Crippen LogP) is 3.91. The van der Waals surface area contributed by atoms with E-state index < -0.39 is 4.92 Å². The molecule has 0 saturated carbocycles. The Kier molecular flexibility index (Phi) is 4.14. The second-order valence-electron chi connectivity index (χ2n) is 4.19. The average Bonchev–Trinajstić information content (AvgIpc) is 2.41. The molecule has 0 unspecified atom stereocenters. The number of hydrogen-bond acceptors (Lipinski definition) is 4. The highest BCUT2D eigenvalue weighted by Crippen LogP contribution is 2.26. The van der Waals surface area contributed by atoms with Gasteiger partial charge in [0.2, 0.25) is 0 Å². The molecule has 0 radical (unpaired) electrons. The van der Waals surface area contributed by atoms with Gasteiger partial charge in [0.05, 0.1) is 4.92 Å². The van der Waals surface area contributed by atoms with Crippen LogP contribution in [0.4, 0.5) is 27.1 Å². The van der Waals surface area contributed by atoms with Crippen LogP contribution in [-0.2, 0) is 0 Å². The largest absolute Gasteiger partial charge is 0.385 e. The summed E-state index contributed by atoms with van der Waals surface area (Å²) < 4.78 is 12.8. The average molecular weight is 275 g/mol. The van der Waals surface area contributed by atoms with E-state index in [0.717, 1.165) is 0 Å². The molecule has 0 aromatic heterocycles. The molecule has 0 heterocycles. The molecule has 0 aliphatic heterocycles. The molecule has 2 N–H and O–H groups in total. The lowest BCUT2D eigenvalue weighted by Crippen LogP contribution is -2.00. The molecule has 6 heteroatoms. The molecule has 0 amide bonds. The number of nitro groups is 1. The molecule has 0 aliphatic rings. The summed E-state index contributed by atoms with van der Waals surface area (Å²) in [5.74, 6) is -0.331. The zero-order chi connectivity index (χ0) is 14.5. The highest BCUT2D eigenvalue weighted by Gasteiger charge is 2.09. The number of non-ortho nitro benzene ring substituents is 1. The van der Waals surface area contributed by atoms with Crippen LogP contribution in [0.2, 0.25) is 0 Å². The van der Waals surface area contributed by atoms with Crippen molar-refractivity contribution in [2.24, 2.45) is 0 Å². The van der Waals surface area contributed by atoms with E-state index in [0.29, 0.717) is 23.6 Å². The van der Waals surface area contributed by atoms with Gasteiger partial charge in [-0.15, -0.1) is 0 Å². The van der Waals surface area contributed by atoms with Crippen LogP contribution in [0.5, 0.6) is 0 Å². The van der Waals surface area contributed by atoms with E-state index in [2.05, 4.69) is 10.6 Å². The summed E-state index contributed by atoms with van der Waals surface area (Å²) in [7, 11) is 0. The fourth-order valence-corrected chi connectivity index (χ4v) is 1.79. The molecule has 2 aromatic carbocycles. The molecule has 0 saturated heterocycles. The van der Waals surface area contributed by atoms with Gasteiger partial charge in [-0.05, 0) is 37.3 Å². The Hall–Kier alpha value is -2.63. The Labute approximate surface area is 115 Å². The Morgan fingerprint density at radius 3 is 2.35 bits per heavy atom.